The van der Waals surface area contributed by atoms with Gasteiger partial charge in [0, 0.05) is 12.6 Å². The number of morpholine rings is 1. The molecule has 2 aliphatic heterocycles. The van der Waals surface area contributed by atoms with Crippen molar-refractivity contribution in [3.05, 3.63) is 29.8 Å². The third-order valence-electron chi connectivity index (χ3n) is 4.07. The fourth-order valence-corrected chi connectivity index (χ4v) is 4.97. The molecule has 0 bridgehead atoms. The van der Waals surface area contributed by atoms with Gasteiger partial charge in [-0.1, -0.05) is 18.2 Å². The van der Waals surface area contributed by atoms with Gasteiger partial charge < -0.3 is 9.84 Å². The van der Waals surface area contributed by atoms with Crippen molar-refractivity contribution in [3.63, 3.8) is 0 Å². The number of nitrogens with zero attached hydrogens (tertiary/aromatic N) is 1. The van der Waals surface area contributed by atoms with Gasteiger partial charge in [0.25, 0.3) is 0 Å². The van der Waals surface area contributed by atoms with Crippen molar-refractivity contribution in [2.75, 3.05) is 25.5 Å². The minimum absolute atomic E-state index is 0.0163. The maximum atomic E-state index is 12.3. The molecule has 0 aliphatic carbocycles. The number of carboxylic acids is 1. The summed E-state index contributed by atoms with van der Waals surface area (Å²) in [5, 5.41) is 9.02. The Morgan fingerprint density at radius 2 is 2.14 bits per heavy atom. The lowest BCUT2D eigenvalue weighted by Crippen LogP contribution is -2.48. The van der Waals surface area contributed by atoms with Gasteiger partial charge in [-0.05, 0) is 11.6 Å². The number of carboxylic acid groups (broad SMARTS) is 1. The topological polar surface area (TPSA) is 83.9 Å². The van der Waals surface area contributed by atoms with Crippen LogP contribution in [-0.2, 0) is 19.4 Å². The predicted octanol–water partition coefficient (Wildman–Crippen LogP) is 0.691. The normalized spacial score (nSPS) is 28.2. The number of rotatable bonds is 3. The van der Waals surface area contributed by atoms with Gasteiger partial charge in [0.15, 0.2) is 9.84 Å². The van der Waals surface area contributed by atoms with Crippen molar-refractivity contribution in [3.8, 4) is 0 Å². The highest BCUT2D eigenvalue weighted by Crippen LogP contribution is 2.38. The quantitative estimate of drug-likeness (QED) is 0.884. The summed E-state index contributed by atoms with van der Waals surface area (Å²) in [7, 11) is -3.29. The highest BCUT2D eigenvalue weighted by molar-refractivity contribution is 7.91. The molecule has 21 heavy (non-hydrogen) atoms. The fourth-order valence-electron chi connectivity index (χ4n) is 3.16. The molecule has 114 valence electrons. The maximum Gasteiger partial charge on any atom is 0.305 e. The maximum absolute atomic E-state index is 12.3. The van der Waals surface area contributed by atoms with Crippen LogP contribution < -0.4 is 0 Å². The van der Waals surface area contributed by atoms with Crippen LogP contribution in [0.3, 0.4) is 0 Å². The van der Waals surface area contributed by atoms with Crippen molar-refractivity contribution >= 4 is 15.8 Å². The molecule has 2 aliphatic rings. The van der Waals surface area contributed by atoms with Gasteiger partial charge >= 0.3 is 5.97 Å². The second kappa shape index (κ2) is 5.40. The number of hydrogen-bond acceptors (Lipinski definition) is 5. The van der Waals surface area contributed by atoms with Gasteiger partial charge in [-0.2, -0.15) is 0 Å². The first kappa shape index (κ1) is 14.5. The number of sulfone groups is 1. The molecule has 1 fully saturated rings. The Morgan fingerprint density at radius 1 is 1.38 bits per heavy atom. The number of carbonyl (C=O) groups is 1. The number of ether oxygens (including phenoxy) is 1. The van der Waals surface area contributed by atoms with E-state index < -0.39 is 15.8 Å². The monoisotopic (exact) mass is 311 g/mol. The van der Waals surface area contributed by atoms with E-state index in [0.717, 1.165) is 5.56 Å². The van der Waals surface area contributed by atoms with E-state index in [1.807, 2.05) is 17.0 Å². The van der Waals surface area contributed by atoms with Crippen molar-refractivity contribution in [2.24, 2.45) is 0 Å². The summed E-state index contributed by atoms with van der Waals surface area (Å²) in [6.07, 6.45) is -0.0429. The average Bonchev–Trinajstić information content (AvgIpc) is 2.71. The molecular formula is C14H17NO5S. The summed E-state index contributed by atoms with van der Waals surface area (Å²) < 4.78 is 29.9. The number of hydrogen-bond donors (Lipinski definition) is 1. The highest BCUT2D eigenvalue weighted by Gasteiger charge is 2.41. The summed E-state index contributed by atoms with van der Waals surface area (Å²) in [5.41, 5.74) is 0.773. The summed E-state index contributed by atoms with van der Waals surface area (Å²) in [6, 6.07) is 6.41. The van der Waals surface area contributed by atoms with Crippen LogP contribution in [0, 0.1) is 0 Å². The van der Waals surface area contributed by atoms with E-state index in [1.54, 1.807) is 12.1 Å². The van der Waals surface area contributed by atoms with Crippen LogP contribution in [0.25, 0.3) is 0 Å². The summed E-state index contributed by atoms with van der Waals surface area (Å²) in [4.78, 5) is 13.3. The molecule has 0 spiro atoms. The Morgan fingerprint density at radius 3 is 2.90 bits per heavy atom. The summed E-state index contributed by atoms with van der Waals surface area (Å²) >= 11 is 0. The molecule has 1 aromatic carbocycles. The van der Waals surface area contributed by atoms with E-state index in [2.05, 4.69) is 0 Å². The molecule has 1 aromatic rings. The molecule has 7 heteroatoms. The molecule has 2 unspecified atom stereocenters. The standard InChI is InChI=1S/C14H17NO5S/c16-14(17)7-10-8-20-6-5-15(10)12-9-21(18,19)13-4-2-1-3-11(12)13/h1-4,10,12H,5-9H2,(H,16,17). The zero-order valence-electron chi connectivity index (χ0n) is 11.4. The molecule has 2 atom stereocenters. The minimum atomic E-state index is -3.29. The summed E-state index contributed by atoms with van der Waals surface area (Å²) in [6.45, 7) is 1.37. The molecule has 3 rings (SSSR count). The van der Waals surface area contributed by atoms with Crippen LogP contribution in [0.2, 0.25) is 0 Å². The van der Waals surface area contributed by atoms with Gasteiger partial charge in [-0.3, -0.25) is 9.69 Å². The minimum Gasteiger partial charge on any atom is -0.481 e. The second-order valence-electron chi connectivity index (χ2n) is 5.40. The third kappa shape index (κ3) is 2.68. The van der Waals surface area contributed by atoms with Gasteiger partial charge in [-0.15, -0.1) is 0 Å². The molecule has 1 N–H and O–H groups in total. The molecule has 1 saturated heterocycles. The molecule has 0 aromatic heterocycles. The van der Waals surface area contributed by atoms with Crippen molar-refractivity contribution in [2.45, 2.75) is 23.4 Å². The molecule has 0 amide bonds. The van der Waals surface area contributed by atoms with E-state index in [4.69, 9.17) is 9.84 Å². The van der Waals surface area contributed by atoms with Gasteiger partial charge in [-0.25, -0.2) is 8.42 Å². The average molecular weight is 311 g/mol. The number of aliphatic carboxylic acids is 1. The first-order chi connectivity index (χ1) is 9.99. The van der Waals surface area contributed by atoms with E-state index in [9.17, 15) is 13.2 Å². The van der Waals surface area contributed by atoms with E-state index in [0.29, 0.717) is 24.7 Å². The molecule has 6 nitrogen and oxygen atoms in total. The zero-order valence-corrected chi connectivity index (χ0v) is 12.3. The SMILES string of the molecule is O=C(O)CC1COCCN1C1CS(=O)(=O)c2ccccc21. The van der Waals surface area contributed by atoms with E-state index in [1.165, 1.54) is 0 Å². The molecule has 0 radical (unpaired) electrons. The predicted molar refractivity (Wildman–Crippen MR) is 74.8 cm³/mol. The van der Waals surface area contributed by atoms with Crippen LogP contribution in [0.5, 0.6) is 0 Å². The lowest BCUT2D eigenvalue weighted by molar-refractivity contribution is -0.140. The highest BCUT2D eigenvalue weighted by atomic mass is 32.2. The zero-order chi connectivity index (χ0) is 15.0. The first-order valence-electron chi connectivity index (χ1n) is 6.86. The Bertz CT molecular complexity index is 657. The Labute approximate surface area is 123 Å². The largest absolute Gasteiger partial charge is 0.481 e. The van der Waals surface area contributed by atoms with Crippen LogP contribution >= 0.6 is 0 Å². The summed E-state index contributed by atoms with van der Waals surface area (Å²) in [5.74, 6) is -0.882. The molecule has 2 heterocycles. The second-order valence-corrected chi connectivity index (χ2v) is 7.40. The van der Waals surface area contributed by atoms with Crippen LogP contribution in [0.1, 0.15) is 18.0 Å². The smallest absolute Gasteiger partial charge is 0.305 e. The van der Waals surface area contributed by atoms with Crippen LogP contribution in [-0.4, -0.2) is 55.9 Å². The lowest BCUT2D eigenvalue weighted by atomic mass is 10.0. The number of fused-ring (bicyclic) bond motifs is 1. The van der Waals surface area contributed by atoms with Crippen molar-refractivity contribution < 1.29 is 23.1 Å². The Kier molecular flexibility index (Phi) is 3.73. The van der Waals surface area contributed by atoms with E-state index in [-0.39, 0.29) is 24.3 Å². The van der Waals surface area contributed by atoms with Crippen molar-refractivity contribution in [1.82, 2.24) is 4.90 Å². The van der Waals surface area contributed by atoms with Crippen LogP contribution in [0.4, 0.5) is 0 Å². The Balaban J connectivity index is 1.94. The van der Waals surface area contributed by atoms with Crippen LogP contribution in [0.15, 0.2) is 29.2 Å². The van der Waals surface area contributed by atoms with Gasteiger partial charge in [0.2, 0.25) is 0 Å². The fraction of sp³-hybridized carbons (Fsp3) is 0.500. The first-order valence-corrected chi connectivity index (χ1v) is 8.51. The number of benzene rings is 1. The third-order valence-corrected chi connectivity index (χ3v) is 5.87. The van der Waals surface area contributed by atoms with E-state index >= 15 is 0 Å². The Hall–Kier alpha value is -1.44. The molecule has 0 saturated carbocycles. The van der Waals surface area contributed by atoms with Gasteiger partial charge in [0.05, 0.1) is 36.3 Å². The molecular weight excluding hydrogens is 294 g/mol. The lowest BCUT2D eigenvalue weighted by Gasteiger charge is -2.38. The van der Waals surface area contributed by atoms with Crippen molar-refractivity contribution in [1.29, 1.82) is 0 Å². The van der Waals surface area contributed by atoms with Gasteiger partial charge in [0.1, 0.15) is 0 Å².